The molecule has 3 aromatic rings. The first-order valence-electron chi connectivity index (χ1n) is 24.7. The van der Waals surface area contributed by atoms with Crippen molar-refractivity contribution in [3.8, 4) is 17.2 Å². The molecule has 1 saturated heterocycles. The fourth-order valence-corrected chi connectivity index (χ4v) is 12.6. The number of allylic oxidation sites excluding steroid dienone is 1. The average molecular weight is 889 g/mol. The summed E-state index contributed by atoms with van der Waals surface area (Å²) in [7, 11) is 0. The molecule has 3 aromatic carbocycles. The van der Waals surface area contributed by atoms with Crippen LogP contribution in [0.15, 0.2) is 84.4 Å². The molecule has 8 rings (SSSR count). The van der Waals surface area contributed by atoms with Gasteiger partial charge in [0, 0.05) is 11.8 Å². The summed E-state index contributed by atoms with van der Waals surface area (Å²) in [5.74, 6) is 4.54. The fraction of sp³-hybridized carbons (Fsp3) is 0.589. The summed E-state index contributed by atoms with van der Waals surface area (Å²) in [6.45, 7) is 17.6. The van der Waals surface area contributed by atoms with Crippen LogP contribution in [0, 0.1) is 51.8 Å². The van der Waals surface area contributed by atoms with Crippen LogP contribution in [-0.2, 0) is 14.2 Å². The molecular weight excluding hydrogens is 817 g/mol. The predicted molar refractivity (Wildman–Crippen MR) is 251 cm³/mol. The SMILES string of the molecule is CCC1(COCCOc2ccc(C(=O)Oc3ccc(C(=O)Oc4ccc(C(=O)OC5CCC6(C)C(=CCC7C6CCC6(C)C(C(C)CCCC(C)C)CCC76)C5)cc4)cc3)cc2)COC1. The minimum absolute atomic E-state index is 0.138. The van der Waals surface area contributed by atoms with Gasteiger partial charge in [0.05, 0.1) is 43.1 Å². The van der Waals surface area contributed by atoms with Crippen molar-refractivity contribution in [2.24, 2.45) is 51.8 Å². The van der Waals surface area contributed by atoms with Gasteiger partial charge < -0.3 is 28.4 Å². The van der Waals surface area contributed by atoms with Crippen molar-refractivity contribution in [1.82, 2.24) is 0 Å². The lowest BCUT2D eigenvalue weighted by molar-refractivity contribution is -0.151. The molecule has 8 unspecified atom stereocenters. The molecule has 0 radical (unpaired) electrons. The Morgan fingerprint density at radius 3 is 1.91 bits per heavy atom. The highest BCUT2D eigenvalue weighted by molar-refractivity contribution is 5.93. The highest BCUT2D eigenvalue weighted by atomic mass is 16.6. The molecule has 1 heterocycles. The molecule has 0 bridgehead atoms. The van der Waals surface area contributed by atoms with Crippen molar-refractivity contribution in [2.75, 3.05) is 33.0 Å². The Labute approximate surface area is 387 Å². The molecule has 4 aliphatic carbocycles. The summed E-state index contributed by atoms with van der Waals surface area (Å²) < 4.78 is 34.2. The lowest BCUT2D eigenvalue weighted by atomic mass is 9.47. The van der Waals surface area contributed by atoms with Crippen LogP contribution >= 0.6 is 0 Å². The van der Waals surface area contributed by atoms with Crippen LogP contribution in [0.4, 0.5) is 0 Å². The Bertz CT molecular complexity index is 2130. The molecule has 4 fully saturated rings. The van der Waals surface area contributed by atoms with Crippen molar-refractivity contribution in [2.45, 2.75) is 125 Å². The van der Waals surface area contributed by atoms with Crippen molar-refractivity contribution in [1.29, 1.82) is 0 Å². The average Bonchev–Trinajstić information content (AvgIpc) is 3.65. The number of ether oxygens (including phenoxy) is 6. The van der Waals surface area contributed by atoms with Gasteiger partial charge >= 0.3 is 17.9 Å². The van der Waals surface area contributed by atoms with E-state index in [-0.39, 0.29) is 34.2 Å². The van der Waals surface area contributed by atoms with E-state index < -0.39 is 11.9 Å². The zero-order valence-electron chi connectivity index (χ0n) is 39.7. The summed E-state index contributed by atoms with van der Waals surface area (Å²) in [6, 6.07) is 19.4. The third-order valence-corrected chi connectivity index (χ3v) is 16.7. The van der Waals surface area contributed by atoms with Crippen LogP contribution in [0.1, 0.15) is 150 Å². The van der Waals surface area contributed by atoms with Gasteiger partial charge in [0.2, 0.25) is 0 Å². The van der Waals surface area contributed by atoms with Gasteiger partial charge in [-0.05, 0) is 171 Å². The normalized spacial score (nSPS) is 28.1. The second-order valence-corrected chi connectivity index (χ2v) is 21.2. The van der Waals surface area contributed by atoms with E-state index in [2.05, 4.69) is 47.6 Å². The van der Waals surface area contributed by atoms with Crippen LogP contribution in [0.25, 0.3) is 0 Å². The molecule has 5 aliphatic rings. The summed E-state index contributed by atoms with van der Waals surface area (Å²) in [6.07, 6.45) is 16.9. The first kappa shape index (κ1) is 47.0. The molecule has 350 valence electrons. The highest BCUT2D eigenvalue weighted by Crippen LogP contribution is 2.67. The molecule has 65 heavy (non-hydrogen) atoms. The van der Waals surface area contributed by atoms with Gasteiger partial charge in [0.1, 0.15) is 30.0 Å². The Hall–Kier alpha value is -4.47. The molecule has 9 heteroatoms. The third-order valence-electron chi connectivity index (χ3n) is 16.7. The van der Waals surface area contributed by atoms with Crippen LogP contribution < -0.4 is 14.2 Å². The van der Waals surface area contributed by atoms with Gasteiger partial charge in [-0.25, -0.2) is 14.4 Å². The summed E-state index contributed by atoms with van der Waals surface area (Å²) in [5, 5.41) is 0. The molecule has 3 saturated carbocycles. The first-order valence-corrected chi connectivity index (χ1v) is 24.7. The van der Waals surface area contributed by atoms with Crippen molar-refractivity contribution in [3.05, 3.63) is 101 Å². The van der Waals surface area contributed by atoms with Gasteiger partial charge in [-0.15, -0.1) is 0 Å². The number of esters is 3. The first-order chi connectivity index (χ1) is 31.3. The van der Waals surface area contributed by atoms with Crippen LogP contribution in [0.5, 0.6) is 17.2 Å². The Morgan fingerprint density at radius 1 is 0.708 bits per heavy atom. The second-order valence-electron chi connectivity index (χ2n) is 21.2. The lowest BCUT2D eigenvalue weighted by Crippen LogP contribution is -2.51. The van der Waals surface area contributed by atoms with E-state index in [9.17, 15) is 14.4 Å². The standard InChI is InChI=1S/C56H72O9/c1-7-56(35-61-36-56)34-60-31-32-62-43-18-11-39(12-19-43)51(57)63-44-20-13-40(14-21-44)52(58)64-45-22-15-41(16-23-45)53(59)65-46-27-29-54(5)42(33-46)17-24-47-49-26-25-48(38(4)10-8-9-37(2)3)55(49,6)30-28-50(47)54/h11-23,37-38,46-50H,7-10,24-36H2,1-6H3. The quantitative estimate of drug-likeness (QED) is 0.0534. The van der Waals surface area contributed by atoms with Gasteiger partial charge in [-0.2, -0.15) is 0 Å². The molecular formula is C56H72O9. The summed E-state index contributed by atoms with van der Waals surface area (Å²) in [4.78, 5) is 39.2. The smallest absolute Gasteiger partial charge is 0.343 e. The summed E-state index contributed by atoms with van der Waals surface area (Å²) >= 11 is 0. The number of carbonyl (C=O) groups is 3. The molecule has 0 spiro atoms. The van der Waals surface area contributed by atoms with Crippen LogP contribution in [-0.4, -0.2) is 57.0 Å². The van der Waals surface area contributed by atoms with E-state index in [1.807, 2.05) is 0 Å². The number of carbonyl (C=O) groups excluding carboxylic acids is 3. The topological polar surface area (TPSA) is 107 Å². The Balaban J connectivity index is 0.772. The van der Waals surface area contributed by atoms with Gasteiger partial charge in [0.25, 0.3) is 0 Å². The Morgan fingerprint density at radius 2 is 1.32 bits per heavy atom. The molecule has 1 aliphatic heterocycles. The monoisotopic (exact) mass is 889 g/mol. The van der Waals surface area contributed by atoms with E-state index in [1.165, 1.54) is 56.9 Å². The molecule has 0 amide bonds. The van der Waals surface area contributed by atoms with E-state index >= 15 is 0 Å². The minimum atomic E-state index is -0.573. The highest BCUT2D eigenvalue weighted by Gasteiger charge is 2.59. The van der Waals surface area contributed by atoms with Crippen molar-refractivity contribution < 1.29 is 42.8 Å². The number of hydrogen-bond donors (Lipinski definition) is 0. The maximum absolute atomic E-state index is 13.4. The number of benzene rings is 3. The van der Waals surface area contributed by atoms with E-state index in [1.54, 1.807) is 72.8 Å². The maximum atomic E-state index is 13.4. The van der Waals surface area contributed by atoms with Gasteiger partial charge in [-0.3, -0.25) is 0 Å². The maximum Gasteiger partial charge on any atom is 0.343 e. The molecule has 8 atom stereocenters. The number of fused-ring (bicyclic) bond motifs is 5. The van der Waals surface area contributed by atoms with E-state index in [0.717, 1.165) is 74.4 Å². The van der Waals surface area contributed by atoms with Crippen molar-refractivity contribution in [3.63, 3.8) is 0 Å². The van der Waals surface area contributed by atoms with Crippen LogP contribution in [0.3, 0.4) is 0 Å². The van der Waals surface area contributed by atoms with E-state index in [4.69, 9.17) is 28.4 Å². The lowest BCUT2D eigenvalue weighted by Gasteiger charge is -2.58. The number of rotatable bonds is 18. The van der Waals surface area contributed by atoms with Crippen LogP contribution in [0.2, 0.25) is 0 Å². The third kappa shape index (κ3) is 10.4. The predicted octanol–water partition coefficient (Wildman–Crippen LogP) is 12.5. The summed E-state index contributed by atoms with van der Waals surface area (Å²) in [5.41, 5.74) is 3.38. The van der Waals surface area contributed by atoms with E-state index in [0.29, 0.717) is 47.9 Å². The fourth-order valence-electron chi connectivity index (χ4n) is 12.6. The molecule has 0 aromatic heterocycles. The van der Waals surface area contributed by atoms with Gasteiger partial charge in [-0.1, -0.05) is 72.5 Å². The van der Waals surface area contributed by atoms with Crippen molar-refractivity contribution >= 4 is 17.9 Å². The molecule has 0 N–H and O–H groups in total. The second kappa shape index (κ2) is 20.2. The molecule has 9 nitrogen and oxygen atoms in total. The largest absolute Gasteiger partial charge is 0.491 e. The number of hydrogen-bond acceptors (Lipinski definition) is 9. The Kier molecular flexibility index (Phi) is 14.6. The zero-order valence-corrected chi connectivity index (χ0v) is 39.7. The zero-order chi connectivity index (χ0) is 45.8. The van der Waals surface area contributed by atoms with Gasteiger partial charge in [0.15, 0.2) is 0 Å². The minimum Gasteiger partial charge on any atom is -0.491 e.